The first kappa shape index (κ1) is 23.1. The lowest BCUT2D eigenvalue weighted by Gasteiger charge is -2.24. The second-order valence-electron chi connectivity index (χ2n) is 8.91. The summed E-state index contributed by atoms with van der Waals surface area (Å²) >= 11 is 1.40. The summed E-state index contributed by atoms with van der Waals surface area (Å²) in [7, 11) is 0. The number of nitrogens with zero attached hydrogens (tertiary/aromatic N) is 2. The number of hydrogen-bond donors (Lipinski definition) is 1. The molecule has 0 fully saturated rings. The second-order valence-corrected chi connectivity index (χ2v) is 9.97. The van der Waals surface area contributed by atoms with E-state index in [9.17, 15) is 9.59 Å². The fraction of sp³-hybridized carbons (Fsp3) is 0.296. The van der Waals surface area contributed by atoms with Gasteiger partial charge in [-0.1, -0.05) is 50.2 Å². The zero-order valence-electron chi connectivity index (χ0n) is 19.7. The van der Waals surface area contributed by atoms with Gasteiger partial charge in [-0.3, -0.25) is 14.2 Å². The van der Waals surface area contributed by atoms with E-state index in [0.29, 0.717) is 29.2 Å². The fourth-order valence-electron chi connectivity index (χ4n) is 4.18. The molecule has 1 aliphatic rings. The number of carbonyl (C=O) groups excluding carboxylic acids is 1. The predicted octanol–water partition coefficient (Wildman–Crippen LogP) is 4.80. The molecule has 1 aliphatic heterocycles. The van der Waals surface area contributed by atoms with Crippen LogP contribution in [0, 0.1) is 5.92 Å². The Morgan fingerprint density at radius 2 is 1.86 bits per heavy atom. The molecule has 0 aliphatic carbocycles. The third kappa shape index (κ3) is 4.93. The SMILES string of the molecule is CC(C)C(NC(=O)Cn1cnc2cc(-c3ccccc3)sc2c1=O)c1ccc2c(c1)OCCCO2. The topological polar surface area (TPSA) is 82.5 Å². The van der Waals surface area contributed by atoms with Gasteiger partial charge in [0, 0.05) is 11.3 Å². The van der Waals surface area contributed by atoms with Crippen LogP contribution in [0.4, 0.5) is 0 Å². The van der Waals surface area contributed by atoms with Crippen molar-refractivity contribution in [2.75, 3.05) is 13.2 Å². The van der Waals surface area contributed by atoms with Crippen molar-refractivity contribution >= 4 is 27.5 Å². The Hall–Kier alpha value is -3.65. The maximum atomic E-state index is 13.1. The molecule has 0 saturated heterocycles. The van der Waals surface area contributed by atoms with Gasteiger partial charge < -0.3 is 14.8 Å². The number of amides is 1. The number of rotatable bonds is 6. The molecule has 4 aromatic rings. The molecule has 0 spiro atoms. The minimum atomic E-state index is -0.251. The van der Waals surface area contributed by atoms with Gasteiger partial charge in [-0.15, -0.1) is 11.3 Å². The molecule has 1 atom stereocenters. The molecule has 2 aromatic carbocycles. The van der Waals surface area contributed by atoms with E-state index in [0.717, 1.165) is 28.2 Å². The van der Waals surface area contributed by atoms with Crippen molar-refractivity contribution in [2.45, 2.75) is 32.9 Å². The highest BCUT2D eigenvalue weighted by atomic mass is 32.1. The number of nitrogens with one attached hydrogen (secondary N) is 1. The molecule has 1 unspecified atom stereocenters. The fourth-order valence-corrected chi connectivity index (χ4v) is 5.25. The molecule has 3 heterocycles. The van der Waals surface area contributed by atoms with E-state index in [2.05, 4.69) is 10.3 Å². The van der Waals surface area contributed by atoms with Gasteiger partial charge in [-0.2, -0.15) is 0 Å². The normalized spacial score (nSPS) is 14.0. The largest absolute Gasteiger partial charge is 0.490 e. The number of ether oxygens (including phenoxy) is 2. The summed E-state index contributed by atoms with van der Waals surface area (Å²) < 4.78 is 13.5. The van der Waals surface area contributed by atoms with E-state index in [4.69, 9.17) is 9.47 Å². The van der Waals surface area contributed by atoms with E-state index in [1.807, 2.05) is 68.4 Å². The van der Waals surface area contributed by atoms with Crippen molar-refractivity contribution < 1.29 is 14.3 Å². The highest BCUT2D eigenvalue weighted by Gasteiger charge is 2.22. The zero-order chi connectivity index (χ0) is 24.4. The lowest BCUT2D eigenvalue weighted by molar-refractivity contribution is -0.122. The highest BCUT2D eigenvalue weighted by molar-refractivity contribution is 7.22. The molecular weight excluding hydrogens is 462 g/mol. The van der Waals surface area contributed by atoms with Crippen molar-refractivity contribution in [3.05, 3.63) is 76.8 Å². The van der Waals surface area contributed by atoms with Gasteiger partial charge in [0.05, 0.1) is 31.1 Å². The molecule has 8 heteroatoms. The van der Waals surface area contributed by atoms with Gasteiger partial charge in [0.1, 0.15) is 11.2 Å². The highest BCUT2D eigenvalue weighted by Crippen LogP contribution is 2.34. The molecule has 1 amide bonds. The average Bonchev–Trinajstić information content (AvgIpc) is 3.17. The number of benzene rings is 2. The molecule has 35 heavy (non-hydrogen) atoms. The number of aromatic nitrogens is 2. The molecule has 2 aromatic heterocycles. The average molecular weight is 490 g/mol. The summed E-state index contributed by atoms with van der Waals surface area (Å²) in [6.07, 6.45) is 2.28. The number of thiophene rings is 1. The lowest BCUT2D eigenvalue weighted by Crippen LogP contribution is -2.36. The van der Waals surface area contributed by atoms with Crippen LogP contribution in [-0.2, 0) is 11.3 Å². The smallest absolute Gasteiger partial charge is 0.271 e. The zero-order valence-corrected chi connectivity index (χ0v) is 20.5. The van der Waals surface area contributed by atoms with Gasteiger partial charge >= 0.3 is 0 Å². The molecule has 7 nitrogen and oxygen atoms in total. The first-order valence-corrected chi connectivity index (χ1v) is 12.5. The monoisotopic (exact) mass is 489 g/mol. The van der Waals surface area contributed by atoms with Crippen LogP contribution in [0.3, 0.4) is 0 Å². The standard InChI is InChI=1S/C27H27N3O4S/c1-17(2)25(19-9-10-21-22(13-19)34-12-6-11-33-21)29-24(31)15-30-16-28-20-14-23(35-26(20)27(30)32)18-7-4-3-5-8-18/h3-5,7-10,13-14,16-17,25H,6,11-12,15H2,1-2H3,(H,29,31). The van der Waals surface area contributed by atoms with E-state index < -0.39 is 0 Å². The summed E-state index contributed by atoms with van der Waals surface area (Å²) in [5, 5.41) is 3.09. The number of hydrogen-bond acceptors (Lipinski definition) is 6. The summed E-state index contributed by atoms with van der Waals surface area (Å²) in [5.74, 6) is 1.29. The Balaban J connectivity index is 1.36. The first-order chi connectivity index (χ1) is 17.0. The van der Waals surface area contributed by atoms with Crippen molar-refractivity contribution in [1.82, 2.24) is 14.9 Å². The van der Waals surface area contributed by atoms with E-state index in [1.54, 1.807) is 0 Å². The predicted molar refractivity (Wildman–Crippen MR) is 137 cm³/mol. The van der Waals surface area contributed by atoms with Gasteiger partial charge in [-0.05, 0) is 35.2 Å². The van der Waals surface area contributed by atoms with Crippen LogP contribution < -0.4 is 20.3 Å². The van der Waals surface area contributed by atoms with E-state index >= 15 is 0 Å². The Morgan fingerprint density at radius 1 is 1.09 bits per heavy atom. The van der Waals surface area contributed by atoms with Crippen LogP contribution in [-0.4, -0.2) is 28.7 Å². The number of carbonyl (C=O) groups is 1. The van der Waals surface area contributed by atoms with Gasteiger partial charge in [0.2, 0.25) is 5.91 Å². The van der Waals surface area contributed by atoms with Crippen LogP contribution in [0.1, 0.15) is 31.9 Å². The van der Waals surface area contributed by atoms with Crippen molar-refractivity contribution in [3.63, 3.8) is 0 Å². The summed E-state index contributed by atoms with van der Waals surface area (Å²) in [6, 6.07) is 17.3. The molecule has 1 N–H and O–H groups in total. The Morgan fingerprint density at radius 3 is 2.63 bits per heavy atom. The first-order valence-electron chi connectivity index (χ1n) is 11.7. The summed E-state index contributed by atoms with van der Waals surface area (Å²) in [4.78, 5) is 31.5. The maximum absolute atomic E-state index is 13.1. The minimum Gasteiger partial charge on any atom is -0.490 e. The van der Waals surface area contributed by atoms with Gasteiger partial charge in [0.15, 0.2) is 11.5 Å². The molecule has 0 bridgehead atoms. The quantitative estimate of drug-likeness (QED) is 0.421. The Kier molecular flexibility index (Phi) is 6.55. The van der Waals surface area contributed by atoms with Crippen LogP contribution in [0.25, 0.3) is 20.7 Å². The maximum Gasteiger partial charge on any atom is 0.271 e. The summed E-state index contributed by atoms with van der Waals surface area (Å²) in [6.45, 7) is 5.21. The van der Waals surface area contributed by atoms with Crippen LogP contribution in [0.5, 0.6) is 11.5 Å². The number of fused-ring (bicyclic) bond motifs is 2. The Labute approximate surface area is 207 Å². The van der Waals surface area contributed by atoms with Crippen molar-refractivity contribution in [2.24, 2.45) is 5.92 Å². The Bertz CT molecular complexity index is 1410. The molecule has 180 valence electrons. The van der Waals surface area contributed by atoms with Crippen molar-refractivity contribution in [1.29, 1.82) is 0 Å². The van der Waals surface area contributed by atoms with Crippen LogP contribution >= 0.6 is 11.3 Å². The van der Waals surface area contributed by atoms with Gasteiger partial charge in [-0.25, -0.2) is 4.98 Å². The summed E-state index contributed by atoms with van der Waals surface area (Å²) in [5.41, 5.74) is 2.40. The third-order valence-corrected chi connectivity index (χ3v) is 7.15. The van der Waals surface area contributed by atoms with Crippen LogP contribution in [0.2, 0.25) is 0 Å². The van der Waals surface area contributed by atoms with Gasteiger partial charge in [0.25, 0.3) is 5.56 Å². The third-order valence-electron chi connectivity index (χ3n) is 5.99. The second kappa shape index (κ2) is 9.92. The molecule has 0 radical (unpaired) electrons. The molecule has 0 saturated carbocycles. The van der Waals surface area contributed by atoms with Crippen molar-refractivity contribution in [3.8, 4) is 21.9 Å². The van der Waals surface area contributed by atoms with E-state index in [-0.39, 0.29) is 30.0 Å². The minimum absolute atomic E-state index is 0.103. The molecule has 5 rings (SSSR count). The lowest BCUT2D eigenvalue weighted by atomic mass is 9.95. The van der Waals surface area contributed by atoms with E-state index in [1.165, 1.54) is 22.2 Å². The molecular formula is C27H27N3O4S. The van der Waals surface area contributed by atoms with Crippen LogP contribution in [0.15, 0.2) is 65.7 Å².